The molecule has 0 aliphatic rings. The summed E-state index contributed by atoms with van der Waals surface area (Å²) in [6.07, 6.45) is 1.39. The zero-order valence-corrected chi connectivity index (χ0v) is 10.7. The van der Waals surface area contributed by atoms with Crippen LogP contribution in [0.2, 0.25) is 0 Å². The van der Waals surface area contributed by atoms with Crippen LogP contribution in [-0.4, -0.2) is 29.8 Å². The summed E-state index contributed by atoms with van der Waals surface area (Å²) in [6, 6.07) is 6.12. The average Bonchev–Trinajstić information content (AvgIpc) is 2.39. The van der Waals surface area contributed by atoms with Gasteiger partial charge < -0.3 is 14.6 Å². The largest absolute Gasteiger partial charge is 0.493 e. The van der Waals surface area contributed by atoms with Crippen LogP contribution in [-0.2, 0) is 9.53 Å². The fourth-order valence-corrected chi connectivity index (χ4v) is 1.34. The van der Waals surface area contributed by atoms with E-state index in [1.54, 1.807) is 19.1 Å². The van der Waals surface area contributed by atoms with Gasteiger partial charge in [0.25, 0.3) is 0 Å². The van der Waals surface area contributed by atoms with E-state index >= 15 is 0 Å². The molecule has 0 saturated carbocycles. The lowest BCUT2D eigenvalue weighted by atomic mass is 10.2. The first kappa shape index (κ1) is 14.8. The SMILES string of the molecule is C=CC(=O)OC(C)CCOc1ccc(C(=O)O)cc1. The second kappa shape index (κ2) is 7.20. The van der Waals surface area contributed by atoms with Crippen LogP contribution in [0.1, 0.15) is 23.7 Å². The first-order chi connectivity index (χ1) is 9.02. The summed E-state index contributed by atoms with van der Waals surface area (Å²) in [6.45, 7) is 5.45. The van der Waals surface area contributed by atoms with Gasteiger partial charge in [0.15, 0.2) is 0 Å². The van der Waals surface area contributed by atoms with E-state index in [0.29, 0.717) is 18.8 Å². The molecule has 0 aliphatic carbocycles. The van der Waals surface area contributed by atoms with Crippen LogP contribution in [0.15, 0.2) is 36.9 Å². The Bertz CT molecular complexity index is 449. The van der Waals surface area contributed by atoms with Crippen molar-refractivity contribution in [3.8, 4) is 5.75 Å². The van der Waals surface area contributed by atoms with Gasteiger partial charge in [-0.1, -0.05) is 6.58 Å². The molecule has 102 valence electrons. The van der Waals surface area contributed by atoms with Gasteiger partial charge in [-0.05, 0) is 31.2 Å². The molecule has 0 radical (unpaired) electrons. The Hall–Kier alpha value is -2.30. The fourth-order valence-electron chi connectivity index (χ4n) is 1.34. The second-order valence-corrected chi connectivity index (χ2v) is 3.92. The zero-order chi connectivity index (χ0) is 14.3. The first-order valence-electron chi connectivity index (χ1n) is 5.82. The van der Waals surface area contributed by atoms with E-state index < -0.39 is 11.9 Å². The van der Waals surface area contributed by atoms with Gasteiger partial charge in [0.2, 0.25) is 0 Å². The molecule has 19 heavy (non-hydrogen) atoms. The standard InChI is InChI=1S/C14H16O5/c1-3-13(15)19-10(2)8-9-18-12-6-4-11(5-7-12)14(16)17/h3-7,10H,1,8-9H2,2H3,(H,16,17). The number of hydrogen-bond donors (Lipinski definition) is 1. The number of benzene rings is 1. The normalized spacial score (nSPS) is 11.4. The molecule has 0 spiro atoms. The number of carboxylic acids is 1. The zero-order valence-electron chi connectivity index (χ0n) is 10.7. The molecule has 0 heterocycles. The number of carboxylic acid groups (broad SMARTS) is 1. The Kier molecular flexibility index (Phi) is 5.60. The van der Waals surface area contributed by atoms with Crippen molar-refractivity contribution in [2.75, 3.05) is 6.61 Å². The van der Waals surface area contributed by atoms with Crippen molar-refractivity contribution >= 4 is 11.9 Å². The lowest BCUT2D eigenvalue weighted by Crippen LogP contribution is -2.16. The summed E-state index contributed by atoms with van der Waals surface area (Å²) < 4.78 is 10.4. The molecule has 0 fully saturated rings. The summed E-state index contributed by atoms with van der Waals surface area (Å²) in [5.74, 6) is -0.859. The van der Waals surface area contributed by atoms with Crippen molar-refractivity contribution in [2.45, 2.75) is 19.4 Å². The van der Waals surface area contributed by atoms with E-state index in [1.165, 1.54) is 12.1 Å². The highest BCUT2D eigenvalue weighted by Gasteiger charge is 2.07. The number of carbonyl (C=O) groups is 2. The van der Waals surface area contributed by atoms with Crippen LogP contribution in [0.4, 0.5) is 0 Å². The van der Waals surface area contributed by atoms with Crippen LogP contribution >= 0.6 is 0 Å². The van der Waals surface area contributed by atoms with Crippen molar-refractivity contribution in [3.63, 3.8) is 0 Å². The molecular formula is C14H16O5. The van der Waals surface area contributed by atoms with Gasteiger partial charge in [-0.3, -0.25) is 0 Å². The second-order valence-electron chi connectivity index (χ2n) is 3.92. The highest BCUT2D eigenvalue weighted by molar-refractivity contribution is 5.87. The number of rotatable bonds is 7. The Labute approximate surface area is 111 Å². The van der Waals surface area contributed by atoms with E-state index in [-0.39, 0.29) is 11.7 Å². The molecule has 0 aliphatic heterocycles. The van der Waals surface area contributed by atoms with E-state index in [2.05, 4.69) is 6.58 Å². The summed E-state index contributed by atoms with van der Waals surface area (Å²) in [5, 5.41) is 8.73. The minimum absolute atomic E-state index is 0.209. The van der Waals surface area contributed by atoms with Gasteiger partial charge >= 0.3 is 11.9 Å². The third-order valence-corrected chi connectivity index (χ3v) is 2.38. The Morgan fingerprint density at radius 3 is 2.53 bits per heavy atom. The molecule has 0 saturated heterocycles. The summed E-state index contributed by atoms with van der Waals surface area (Å²) in [5.41, 5.74) is 0.209. The molecular weight excluding hydrogens is 248 g/mol. The van der Waals surface area contributed by atoms with Gasteiger partial charge in [0.05, 0.1) is 12.2 Å². The molecule has 5 heteroatoms. The molecule has 0 bridgehead atoms. The number of hydrogen-bond acceptors (Lipinski definition) is 4. The maximum absolute atomic E-state index is 10.9. The van der Waals surface area contributed by atoms with E-state index in [4.69, 9.17) is 14.6 Å². The van der Waals surface area contributed by atoms with E-state index in [9.17, 15) is 9.59 Å². The molecule has 0 aromatic heterocycles. The highest BCUT2D eigenvalue weighted by atomic mass is 16.5. The first-order valence-corrected chi connectivity index (χ1v) is 5.82. The third-order valence-electron chi connectivity index (χ3n) is 2.38. The van der Waals surface area contributed by atoms with Crippen LogP contribution < -0.4 is 4.74 Å². The number of esters is 1. The van der Waals surface area contributed by atoms with Gasteiger partial charge in [0, 0.05) is 12.5 Å². The highest BCUT2D eigenvalue weighted by Crippen LogP contribution is 2.13. The maximum Gasteiger partial charge on any atom is 0.335 e. The molecule has 0 amide bonds. The molecule has 1 N–H and O–H groups in total. The molecule has 1 unspecified atom stereocenters. The number of carbonyl (C=O) groups excluding carboxylic acids is 1. The van der Waals surface area contributed by atoms with Gasteiger partial charge in [0.1, 0.15) is 11.9 Å². The Morgan fingerprint density at radius 1 is 1.37 bits per heavy atom. The Morgan fingerprint density at radius 2 is 2.00 bits per heavy atom. The van der Waals surface area contributed by atoms with Crippen molar-refractivity contribution in [1.29, 1.82) is 0 Å². The summed E-state index contributed by atoms with van der Waals surface area (Å²) in [7, 11) is 0. The topological polar surface area (TPSA) is 72.8 Å². The van der Waals surface area contributed by atoms with Crippen LogP contribution in [0.25, 0.3) is 0 Å². The molecule has 1 aromatic rings. The van der Waals surface area contributed by atoms with Crippen LogP contribution in [0, 0.1) is 0 Å². The number of aromatic carboxylic acids is 1. The smallest absolute Gasteiger partial charge is 0.335 e. The predicted molar refractivity (Wildman–Crippen MR) is 69.3 cm³/mol. The monoisotopic (exact) mass is 264 g/mol. The van der Waals surface area contributed by atoms with Crippen molar-refractivity contribution in [2.24, 2.45) is 0 Å². The fraction of sp³-hybridized carbons (Fsp3) is 0.286. The van der Waals surface area contributed by atoms with Crippen molar-refractivity contribution < 1.29 is 24.2 Å². The quantitative estimate of drug-likeness (QED) is 0.604. The third kappa shape index (κ3) is 5.25. The van der Waals surface area contributed by atoms with Crippen LogP contribution in [0.5, 0.6) is 5.75 Å². The lowest BCUT2D eigenvalue weighted by Gasteiger charge is -2.12. The molecule has 1 atom stereocenters. The number of ether oxygens (including phenoxy) is 2. The van der Waals surface area contributed by atoms with Crippen molar-refractivity contribution in [1.82, 2.24) is 0 Å². The Balaban J connectivity index is 2.34. The van der Waals surface area contributed by atoms with E-state index in [0.717, 1.165) is 6.08 Å². The van der Waals surface area contributed by atoms with Gasteiger partial charge in [-0.25, -0.2) is 9.59 Å². The van der Waals surface area contributed by atoms with Gasteiger partial charge in [-0.15, -0.1) is 0 Å². The molecule has 1 rings (SSSR count). The average molecular weight is 264 g/mol. The summed E-state index contributed by atoms with van der Waals surface area (Å²) >= 11 is 0. The molecule has 5 nitrogen and oxygen atoms in total. The van der Waals surface area contributed by atoms with Gasteiger partial charge in [-0.2, -0.15) is 0 Å². The van der Waals surface area contributed by atoms with Crippen molar-refractivity contribution in [3.05, 3.63) is 42.5 Å². The van der Waals surface area contributed by atoms with E-state index in [1.807, 2.05) is 0 Å². The predicted octanol–water partition coefficient (Wildman–Crippen LogP) is 2.27. The molecule has 1 aromatic carbocycles. The minimum atomic E-state index is -0.975. The van der Waals surface area contributed by atoms with Crippen LogP contribution in [0.3, 0.4) is 0 Å². The maximum atomic E-state index is 10.9. The summed E-state index contributed by atoms with van der Waals surface area (Å²) in [4.78, 5) is 21.6. The minimum Gasteiger partial charge on any atom is -0.493 e. The lowest BCUT2D eigenvalue weighted by molar-refractivity contribution is -0.142.